The summed E-state index contributed by atoms with van der Waals surface area (Å²) in [6, 6.07) is 3.96. The fourth-order valence-corrected chi connectivity index (χ4v) is 3.35. The maximum Gasteiger partial charge on any atom is 0.258 e. The molecule has 0 atom stereocenters. The van der Waals surface area contributed by atoms with E-state index in [1.54, 1.807) is 22.7 Å². The van der Waals surface area contributed by atoms with Gasteiger partial charge in [-0.25, -0.2) is 13.9 Å². The predicted molar refractivity (Wildman–Crippen MR) is 109 cm³/mol. The van der Waals surface area contributed by atoms with Crippen molar-refractivity contribution in [2.45, 2.75) is 20.0 Å². The van der Waals surface area contributed by atoms with Crippen LogP contribution >= 0.6 is 24.0 Å². The maximum absolute atomic E-state index is 13.7. The van der Waals surface area contributed by atoms with E-state index in [2.05, 4.69) is 15.4 Å². The van der Waals surface area contributed by atoms with E-state index in [1.807, 2.05) is 6.92 Å². The summed E-state index contributed by atoms with van der Waals surface area (Å²) in [5.41, 5.74) is 3.40. The zero-order chi connectivity index (χ0) is 19.8. The van der Waals surface area contributed by atoms with Crippen LogP contribution in [0.25, 0.3) is 5.65 Å². The van der Waals surface area contributed by atoms with Crippen LogP contribution in [0.4, 0.5) is 4.39 Å². The Morgan fingerprint density at radius 3 is 2.93 bits per heavy atom. The molecule has 0 spiro atoms. The van der Waals surface area contributed by atoms with Gasteiger partial charge >= 0.3 is 0 Å². The van der Waals surface area contributed by atoms with Gasteiger partial charge in [0.1, 0.15) is 18.2 Å². The summed E-state index contributed by atoms with van der Waals surface area (Å²) in [5.74, 6) is -0.448. The number of nitrogens with zero attached hydrogens (tertiary/aromatic N) is 4. The Hall–Kier alpha value is -2.42. The number of carbonyl (C=O) groups excluding carboxylic acids is 1. The molecule has 1 amide bonds. The second kappa shape index (κ2) is 8.52. The molecule has 1 aromatic carbocycles. The van der Waals surface area contributed by atoms with Gasteiger partial charge in [0.05, 0.1) is 41.3 Å². The van der Waals surface area contributed by atoms with E-state index < -0.39 is 5.82 Å². The molecule has 0 bridgehead atoms. The van der Waals surface area contributed by atoms with E-state index in [1.165, 1.54) is 18.2 Å². The third-order valence-electron chi connectivity index (χ3n) is 4.68. The number of fused-ring (bicyclic) bond motifs is 3. The van der Waals surface area contributed by atoms with Crippen molar-refractivity contribution in [2.24, 2.45) is 0 Å². The smallest absolute Gasteiger partial charge is 0.258 e. The zero-order valence-corrected chi connectivity index (χ0v) is 17.5. The van der Waals surface area contributed by atoms with E-state index in [0.29, 0.717) is 48.2 Å². The number of carbonyl (C=O) groups is 1. The van der Waals surface area contributed by atoms with Crippen LogP contribution in [0.5, 0.6) is 5.75 Å². The van der Waals surface area contributed by atoms with Crippen LogP contribution in [0, 0.1) is 12.7 Å². The van der Waals surface area contributed by atoms with Gasteiger partial charge in [-0.3, -0.25) is 4.79 Å². The molecule has 10 heteroatoms. The van der Waals surface area contributed by atoms with Crippen molar-refractivity contribution in [3.8, 4) is 5.75 Å². The number of aromatic nitrogens is 3. The van der Waals surface area contributed by atoms with Gasteiger partial charge in [-0.05, 0) is 26.1 Å². The second-order valence-electron chi connectivity index (χ2n) is 6.62. The number of benzene rings is 1. The Morgan fingerprint density at radius 2 is 2.17 bits per heavy atom. The molecule has 0 fully saturated rings. The molecule has 0 unspecified atom stereocenters. The minimum absolute atomic E-state index is 0. The Balaban J connectivity index is 0.00000240. The molecule has 29 heavy (non-hydrogen) atoms. The largest absolute Gasteiger partial charge is 0.491 e. The van der Waals surface area contributed by atoms with E-state index in [4.69, 9.17) is 16.3 Å². The first-order valence-corrected chi connectivity index (χ1v) is 9.25. The van der Waals surface area contributed by atoms with Gasteiger partial charge in [0.15, 0.2) is 5.65 Å². The minimum Gasteiger partial charge on any atom is -0.491 e. The lowest BCUT2D eigenvalue weighted by Crippen LogP contribution is -2.27. The van der Waals surface area contributed by atoms with Crippen LogP contribution in [-0.4, -0.2) is 45.6 Å². The van der Waals surface area contributed by atoms with Crippen molar-refractivity contribution < 1.29 is 13.9 Å². The number of rotatable bonds is 5. The van der Waals surface area contributed by atoms with E-state index in [9.17, 15) is 9.18 Å². The van der Waals surface area contributed by atoms with Crippen molar-refractivity contribution in [1.29, 1.82) is 0 Å². The minimum atomic E-state index is -0.449. The number of hydrogen-bond donors (Lipinski definition) is 1. The highest BCUT2D eigenvalue weighted by Crippen LogP contribution is 2.30. The summed E-state index contributed by atoms with van der Waals surface area (Å²) in [4.78, 5) is 19.2. The Labute approximate surface area is 178 Å². The SMILES string of the molecule is CNCCOc1cc(F)ccc1C(=O)N1Cc2nn3cc(Cl)c(C)nc3c2C1.Cl. The van der Waals surface area contributed by atoms with Gasteiger partial charge in [0, 0.05) is 18.2 Å². The molecular formula is C19H20Cl2FN5O2. The third kappa shape index (κ3) is 4.01. The second-order valence-corrected chi connectivity index (χ2v) is 7.03. The van der Waals surface area contributed by atoms with E-state index >= 15 is 0 Å². The molecule has 0 aliphatic carbocycles. The number of halogens is 3. The van der Waals surface area contributed by atoms with Crippen molar-refractivity contribution >= 4 is 35.6 Å². The first kappa shape index (κ1) is 21.3. The summed E-state index contributed by atoms with van der Waals surface area (Å²) in [6.45, 7) is 3.47. The zero-order valence-electron chi connectivity index (χ0n) is 15.9. The monoisotopic (exact) mass is 439 g/mol. The molecule has 0 saturated carbocycles. The van der Waals surface area contributed by atoms with Crippen LogP contribution < -0.4 is 10.1 Å². The summed E-state index contributed by atoms with van der Waals surface area (Å²) in [6.07, 6.45) is 1.72. The number of ether oxygens (including phenoxy) is 1. The molecule has 2 aromatic heterocycles. The predicted octanol–water partition coefficient (Wildman–Crippen LogP) is 3.01. The van der Waals surface area contributed by atoms with E-state index in [0.717, 1.165) is 11.3 Å². The molecule has 154 valence electrons. The fraction of sp³-hybridized carbons (Fsp3) is 0.316. The quantitative estimate of drug-likeness (QED) is 0.618. The molecular weight excluding hydrogens is 420 g/mol. The van der Waals surface area contributed by atoms with Crippen LogP contribution in [0.3, 0.4) is 0 Å². The first-order chi connectivity index (χ1) is 13.5. The highest BCUT2D eigenvalue weighted by atomic mass is 35.5. The topological polar surface area (TPSA) is 71.8 Å². The summed E-state index contributed by atoms with van der Waals surface area (Å²) in [7, 11) is 1.79. The van der Waals surface area contributed by atoms with Gasteiger partial charge in [0.25, 0.3) is 5.91 Å². The third-order valence-corrected chi connectivity index (χ3v) is 5.05. The van der Waals surface area contributed by atoms with Crippen molar-refractivity contribution in [1.82, 2.24) is 24.8 Å². The molecule has 1 aliphatic heterocycles. The van der Waals surface area contributed by atoms with Crippen molar-refractivity contribution in [3.05, 3.63) is 57.8 Å². The lowest BCUT2D eigenvalue weighted by Gasteiger charge is -2.18. The molecule has 1 aliphatic rings. The molecule has 0 radical (unpaired) electrons. The van der Waals surface area contributed by atoms with Crippen LogP contribution in [0.15, 0.2) is 24.4 Å². The average Bonchev–Trinajstić information content (AvgIpc) is 3.21. The molecule has 3 heterocycles. The highest BCUT2D eigenvalue weighted by molar-refractivity contribution is 6.31. The van der Waals surface area contributed by atoms with Crippen LogP contribution in [-0.2, 0) is 13.1 Å². The summed E-state index contributed by atoms with van der Waals surface area (Å²) < 4.78 is 20.9. The van der Waals surface area contributed by atoms with Crippen molar-refractivity contribution in [2.75, 3.05) is 20.2 Å². The number of nitrogens with one attached hydrogen (secondary N) is 1. The average molecular weight is 440 g/mol. The number of amides is 1. The van der Waals surface area contributed by atoms with Crippen LogP contribution in [0.1, 0.15) is 27.3 Å². The van der Waals surface area contributed by atoms with Gasteiger partial charge in [-0.15, -0.1) is 12.4 Å². The highest BCUT2D eigenvalue weighted by Gasteiger charge is 2.31. The standard InChI is InChI=1S/C19H19ClFN5O2.ClH/c1-11-15(20)9-26-18(23-11)14-8-25(10-16(14)24-26)19(27)13-4-3-12(21)7-17(13)28-6-5-22-2;/h3-4,7,9,22H,5-6,8,10H2,1-2H3;1H. The van der Waals surface area contributed by atoms with Crippen molar-refractivity contribution in [3.63, 3.8) is 0 Å². The Kier molecular flexibility index (Phi) is 6.26. The fourth-order valence-electron chi connectivity index (χ4n) is 3.21. The van der Waals surface area contributed by atoms with Gasteiger partial charge in [-0.1, -0.05) is 11.6 Å². The summed E-state index contributed by atoms with van der Waals surface area (Å²) >= 11 is 6.12. The lowest BCUT2D eigenvalue weighted by molar-refractivity contribution is 0.0745. The Bertz CT molecular complexity index is 1070. The number of likely N-dealkylation sites (N-methyl/N-ethyl adjacent to an activating group) is 1. The lowest BCUT2D eigenvalue weighted by atomic mass is 10.1. The Morgan fingerprint density at radius 1 is 1.38 bits per heavy atom. The number of aryl methyl sites for hydroxylation is 1. The molecule has 7 nitrogen and oxygen atoms in total. The van der Waals surface area contributed by atoms with Gasteiger partial charge in [0.2, 0.25) is 0 Å². The first-order valence-electron chi connectivity index (χ1n) is 8.87. The number of hydrogen-bond acceptors (Lipinski definition) is 5. The normalized spacial score (nSPS) is 12.8. The van der Waals surface area contributed by atoms with Gasteiger partial charge < -0.3 is 15.0 Å². The van der Waals surface area contributed by atoms with E-state index in [-0.39, 0.29) is 24.1 Å². The molecule has 3 aromatic rings. The molecule has 1 N–H and O–H groups in total. The van der Waals surface area contributed by atoms with Gasteiger partial charge in [-0.2, -0.15) is 5.10 Å². The molecule has 4 rings (SSSR count). The summed E-state index contributed by atoms with van der Waals surface area (Å²) in [5, 5.41) is 7.98. The molecule has 0 saturated heterocycles. The maximum atomic E-state index is 13.7. The van der Waals surface area contributed by atoms with Crippen LogP contribution in [0.2, 0.25) is 5.02 Å².